The molecule has 2 aromatic carbocycles. The molecular formula is C20H20N2O4. The highest BCUT2D eigenvalue weighted by molar-refractivity contribution is 5.94. The molecule has 0 saturated carbocycles. The third kappa shape index (κ3) is 3.85. The Labute approximate surface area is 151 Å². The molecule has 1 amide bonds. The van der Waals surface area contributed by atoms with Crippen LogP contribution in [0.5, 0.6) is 17.2 Å². The van der Waals surface area contributed by atoms with Gasteiger partial charge in [-0.25, -0.2) is 0 Å². The summed E-state index contributed by atoms with van der Waals surface area (Å²) in [6.45, 7) is 0.713. The highest BCUT2D eigenvalue weighted by Crippen LogP contribution is 2.27. The second-order valence-corrected chi connectivity index (χ2v) is 5.51. The molecule has 3 rings (SSSR count). The molecule has 1 heterocycles. The number of hydrogen-bond acceptors (Lipinski definition) is 5. The fourth-order valence-electron chi connectivity index (χ4n) is 2.60. The monoisotopic (exact) mass is 352 g/mol. The van der Waals surface area contributed by atoms with Gasteiger partial charge in [-0.1, -0.05) is 18.2 Å². The predicted octanol–water partition coefficient (Wildman–Crippen LogP) is 3.06. The van der Waals surface area contributed by atoms with E-state index in [0.29, 0.717) is 36.0 Å². The molecule has 0 spiro atoms. The Morgan fingerprint density at radius 2 is 1.81 bits per heavy atom. The van der Waals surface area contributed by atoms with E-state index in [9.17, 15) is 4.79 Å². The molecule has 0 bridgehead atoms. The van der Waals surface area contributed by atoms with E-state index in [1.165, 1.54) is 7.11 Å². The van der Waals surface area contributed by atoms with E-state index in [1.54, 1.807) is 31.5 Å². The average Bonchev–Trinajstić information content (AvgIpc) is 2.70. The van der Waals surface area contributed by atoms with Crippen LogP contribution in [0.2, 0.25) is 0 Å². The van der Waals surface area contributed by atoms with E-state index in [0.717, 1.165) is 10.9 Å². The molecule has 1 N–H and O–H groups in total. The number of aromatic nitrogens is 1. The minimum Gasteiger partial charge on any atom is -0.493 e. The van der Waals surface area contributed by atoms with Crippen molar-refractivity contribution < 1.29 is 19.0 Å². The summed E-state index contributed by atoms with van der Waals surface area (Å²) in [5, 5.41) is 3.84. The Balaban J connectivity index is 1.57. The van der Waals surface area contributed by atoms with Gasteiger partial charge in [0.05, 0.1) is 20.8 Å². The van der Waals surface area contributed by atoms with Crippen molar-refractivity contribution in [3.8, 4) is 17.2 Å². The highest BCUT2D eigenvalue weighted by atomic mass is 16.5. The molecule has 0 unspecified atom stereocenters. The van der Waals surface area contributed by atoms with Crippen molar-refractivity contribution in [3.05, 3.63) is 60.3 Å². The number of methoxy groups -OCH3 is 2. The van der Waals surface area contributed by atoms with Crippen molar-refractivity contribution >= 4 is 16.8 Å². The number of carbonyl (C=O) groups excluding carboxylic acids is 1. The number of amides is 1. The van der Waals surface area contributed by atoms with Gasteiger partial charge < -0.3 is 19.5 Å². The maximum atomic E-state index is 12.3. The number of carbonyl (C=O) groups is 1. The van der Waals surface area contributed by atoms with Gasteiger partial charge in [0.1, 0.15) is 17.9 Å². The lowest BCUT2D eigenvalue weighted by atomic mass is 10.2. The third-order valence-electron chi connectivity index (χ3n) is 3.89. The number of benzene rings is 2. The van der Waals surface area contributed by atoms with Crippen LogP contribution in [-0.2, 0) is 0 Å². The van der Waals surface area contributed by atoms with Gasteiger partial charge in [-0.2, -0.15) is 0 Å². The number of nitrogens with zero attached hydrogens (tertiary/aromatic N) is 1. The van der Waals surface area contributed by atoms with Crippen LogP contribution >= 0.6 is 0 Å². The summed E-state index contributed by atoms with van der Waals surface area (Å²) in [6, 6.07) is 14.7. The van der Waals surface area contributed by atoms with Gasteiger partial charge in [0.15, 0.2) is 11.5 Å². The van der Waals surface area contributed by atoms with E-state index in [4.69, 9.17) is 14.2 Å². The van der Waals surface area contributed by atoms with Crippen LogP contribution < -0.4 is 19.5 Å². The molecule has 3 aromatic rings. The lowest BCUT2D eigenvalue weighted by molar-refractivity contribution is 0.0946. The third-order valence-corrected chi connectivity index (χ3v) is 3.89. The molecular weight excluding hydrogens is 332 g/mol. The van der Waals surface area contributed by atoms with Gasteiger partial charge in [0.2, 0.25) is 0 Å². The zero-order chi connectivity index (χ0) is 18.4. The van der Waals surface area contributed by atoms with E-state index < -0.39 is 0 Å². The Morgan fingerprint density at radius 1 is 1.00 bits per heavy atom. The number of rotatable bonds is 7. The fourth-order valence-corrected chi connectivity index (χ4v) is 2.60. The van der Waals surface area contributed by atoms with Crippen molar-refractivity contribution in [2.75, 3.05) is 27.4 Å². The molecule has 0 radical (unpaired) electrons. The number of para-hydroxylation sites is 1. The van der Waals surface area contributed by atoms with Crippen LogP contribution in [0.4, 0.5) is 0 Å². The van der Waals surface area contributed by atoms with Gasteiger partial charge in [-0.05, 0) is 30.3 Å². The molecule has 26 heavy (non-hydrogen) atoms. The largest absolute Gasteiger partial charge is 0.493 e. The van der Waals surface area contributed by atoms with Gasteiger partial charge >= 0.3 is 0 Å². The molecule has 6 heteroatoms. The summed E-state index contributed by atoms with van der Waals surface area (Å²) in [4.78, 5) is 16.6. The summed E-state index contributed by atoms with van der Waals surface area (Å²) >= 11 is 0. The normalized spacial score (nSPS) is 10.4. The smallest absolute Gasteiger partial charge is 0.251 e. The van der Waals surface area contributed by atoms with Crippen LogP contribution in [0.1, 0.15) is 10.4 Å². The van der Waals surface area contributed by atoms with E-state index in [2.05, 4.69) is 10.3 Å². The summed E-state index contributed by atoms with van der Waals surface area (Å²) < 4.78 is 16.2. The first-order valence-corrected chi connectivity index (χ1v) is 8.19. The van der Waals surface area contributed by atoms with Crippen LogP contribution in [0.25, 0.3) is 10.9 Å². The summed E-state index contributed by atoms with van der Waals surface area (Å²) in [7, 11) is 3.09. The lowest BCUT2D eigenvalue weighted by Gasteiger charge is -2.11. The second-order valence-electron chi connectivity index (χ2n) is 5.51. The predicted molar refractivity (Wildman–Crippen MR) is 99.1 cm³/mol. The number of ether oxygens (including phenoxy) is 3. The van der Waals surface area contributed by atoms with Crippen LogP contribution in [-0.4, -0.2) is 38.3 Å². The molecule has 134 valence electrons. The molecule has 0 atom stereocenters. The lowest BCUT2D eigenvalue weighted by Crippen LogP contribution is -2.28. The molecule has 0 saturated heterocycles. The van der Waals surface area contributed by atoms with Gasteiger partial charge in [-0.3, -0.25) is 9.78 Å². The van der Waals surface area contributed by atoms with Crippen LogP contribution in [0, 0.1) is 0 Å². The Kier molecular flexibility index (Phi) is 5.53. The van der Waals surface area contributed by atoms with Crippen molar-refractivity contribution in [2.24, 2.45) is 0 Å². The van der Waals surface area contributed by atoms with E-state index >= 15 is 0 Å². The number of nitrogens with one attached hydrogen (secondary N) is 1. The zero-order valence-electron chi connectivity index (χ0n) is 14.7. The van der Waals surface area contributed by atoms with E-state index in [-0.39, 0.29) is 5.91 Å². The molecule has 0 aliphatic rings. The van der Waals surface area contributed by atoms with Gasteiger partial charge in [-0.15, -0.1) is 0 Å². The first-order chi connectivity index (χ1) is 12.7. The number of pyridine rings is 1. The Hall–Kier alpha value is -3.28. The Bertz CT molecular complexity index is 906. The van der Waals surface area contributed by atoms with Crippen LogP contribution in [0.15, 0.2) is 54.7 Å². The van der Waals surface area contributed by atoms with Gasteiger partial charge in [0, 0.05) is 17.1 Å². The fraction of sp³-hybridized carbons (Fsp3) is 0.200. The molecule has 0 aliphatic heterocycles. The summed E-state index contributed by atoms with van der Waals surface area (Å²) in [6.07, 6.45) is 1.73. The van der Waals surface area contributed by atoms with Crippen molar-refractivity contribution in [3.63, 3.8) is 0 Å². The quantitative estimate of drug-likeness (QED) is 0.662. The second kappa shape index (κ2) is 8.20. The Morgan fingerprint density at radius 3 is 2.62 bits per heavy atom. The minimum atomic E-state index is -0.203. The highest BCUT2D eigenvalue weighted by Gasteiger charge is 2.10. The summed E-state index contributed by atoms with van der Waals surface area (Å²) in [5.41, 5.74) is 1.30. The standard InChI is InChI=1S/C20H20N2O4/c1-24-16-9-8-15(13-18(16)25-2)20(23)22-11-12-26-17-7-3-5-14-6-4-10-21-19(14)17/h3-10,13H,11-12H2,1-2H3,(H,22,23). The van der Waals surface area contributed by atoms with Crippen LogP contribution in [0.3, 0.4) is 0 Å². The van der Waals surface area contributed by atoms with Crippen molar-refractivity contribution in [1.82, 2.24) is 10.3 Å². The minimum absolute atomic E-state index is 0.203. The average molecular weight is 352 g/mol. The summed E-state index contributed by atoms with van der Waals surface area (Å²) in [5.74, 6) is 1.59. The molecule has 1 aromatic heterocycles. The first kappa shape index (κ1) is 17.5. The zero-order valence-corrected chi connectivity index (χ0v) is 14.7. The molecule has 0 aliphatic carbocycles. The first-order valence-electron chi connectivity index (χ1n) is 8.19. The molecule has 6 nitrogen and oxygen atoms in total. The van der Waals surface area contributed by atoms with Gasteiger partial charge in [0.25, 0.3) is 5.91 Å². The topological polar surface area (TPSA) is 69.7 Å². The SMILES string of the molecule is COc1ccc(C(=O)NCCOc2cccc3cccnc23)cc1OC. The van der Waals surface area contributed by atoms with E-state index in [1.807, 2.05) is 30.3 Å². The maximum absolute atomic E-state index is 12.3. The van der Waals surface area contributed by atoms with Crippen molar-refractivity contribution in [1.29, 1.82) is 0 Å². The number of hydrogen-bond donors (Lipinski definition) is 1. The number of fused-ring (bicyclic) bond motifs is 1. The maximum Gasteiger partial charge on any atom is 0.251 e. The van der Waals surface area contributed by atoms with Crippen molar-refractivity contribution in [2.45, 2.75) is 0 Å². The molecule has 0 fully saturated rings.